The number of carbonyl (C=O) groups is 3. The average Bonchev–Trinajstić information content (AvgIpc) is 2.86. The van der Waals surface area contributed by atoms with Gasteiger partial charge in [0.2, 0.25) is 0 Å². The first-order valence-electron chi connectivity index (χ1n) is 14.9. The molecule has 0 aliphatic rings. The highest BCUT2D eigenvalue weighted by molar-refractivity contribution is 5.90. The molecule has 0 aromatic carbocycles. The van der Waals surface area contributed by atoms with Crippen molar-refractivity contribution in [2.45, 2.75) is 137 Å². The fourth-order valence-electron chi connectivity index (χ4n) is 4.80. The summed E-state index contributed by atoms with van der Waals surface area (Å²) in [5, 5.41) is 11.1. The molecule has 0 heterocycles. The van der Waals surface area contributed by atoms with Gasteiger partial charge in [-0.05, 0) is 37.0 Å². The Labute approximate surface area is 226 Å². The van der Waals surface area contributed by atoms with E-state index in [1.807, 2.05) is 0 Å². The Balaban J connectivity index is 5.11. The van der Waals surface area contributed by atoms with Gasteiger partial charge in [-0.15, -0.1) is 0 Å². The molecule has 1 N–H and O–H groups in total. The van der Waals surface area contributed by atoms with Gasteiger partial charge in [-0.2, -0.15) is 0 Å². The lowest BCUT2D eigenvalue weighted by atomic mass is 9.95. The van der Waals surface area contributed by atoms with Crippen LogP contribution in [0, 0.1) is 17.8 Å². The minimum atomic E-state index is -2.30. The molecule has 0 aliphatic carbocycles. The van der Waals surface area contributed by atoms with E-state index in [1.54, 1.807) is 0 Å². The van der Waals surface area contributed by atoms with Crippen LogP contribution in [0.25, 0.3) is 0 Å². The molecule has 0 fully saturated rings. The molecule has 3 atom stereocenters. The predicted octanol–water partition coefficient (Wildman–Crippen LogP) is 6.78. The van der Waals surface area contributed by atoms with E-state index < -0.39 is 36.4 Å². The summed E-state index contributed by atoms with van der Waals surface area (Å²) < 4.78 is 16.0. The van der Waals surface area contributed by atoms with Crippen molar-refractivity contribution >= 4 is 17.9 Å². The van der Waals surface area contributed by atoms with Gasteiger partial charge in [0.15, 0.2) is 5.60 Å². The Hall–Kier alpha value is -1.63. The summed E-state index contributed by atoms with van der Waals surface area (Å²) in [6, 6.07) is 0. The third-order valence-corrected chi connectivity index (χ3v) is 7.41. The van der Waals surface area contributed by atoms with Crippen molar-refractivity contribution in [3.05, 3.63) is 0 Å². The largest absolute Gasteiger partial charge is 0.466 e. The average molecular weight is 529 g/mol. The molecule has 0 spiro atoms. The van der Waals surface area contributed by atoms with Crippen molar-refractivity contribution in [2.24, 2.45) is 17.8 Å². The van der Waals surface area contributed by atoms with E-state index in [2.05, 4.69) is 41.5 Å². The lowest BCUT2D eigenvalue weighted by Gasteiger charge is -2.25. The second-order valence-corrected chi connectivity index (χ2v) is 10.5. The minimum Gasteiger partial charge on any atom is -0.466 e. The maximum atomic E-state index is 12.9. The maximum Gasteiger partial charge on any atom is 0.339 e. The summed E-state index contributed by atoms with van der Waals surface area (Å²) in [7, 11) is 0. The normalized spacial score (nSPS) is 15.3. The van der Waals surface area contributed by atoms with Crippen LogP contribution in [0.15, 0.2) is 0 Å². The Morgan fingerprint density at radius 1 is 0.568 bits per heavy atom. The summed E-state index contributed by atoms with van der Waals surface area (Å²) in [5.41, 5.74) is -2.30. The van der Waals surface area contributed by atoms with Crippen LogP contribution in [0.4, 0.5) is 0 Å². The standard InChI is InChI=1S/C30H56O7/c1-7-13-24(10-4)16-19-35-27(31)22-30(34,29(33)37-21-18-26(12-6)15-9-3)23-28(32)36-20-17-25(11-5)14-8-2/h24-26,34H,7-23H2,1-6H3. The summed E-state index contributed by atoms with van der Waals surface area (Å²) in [4.78, 5) is 38.0. The van der Waals surface area contributed by atoms with Gasteiger partial charge in [-0.1, -0.05) is 99.3 Å². The number of ether oxygens (including phenoxy) is 3. The van der Waals surface area contributed by atoms with Crippen molar-refractivity contribution in [1.29, 1.82) is 0 Å². The van der Waals surface area contributed by atoms with Gasteiger partial charge in [-0.25, -0.2) is 4.79 Å². The predicted molar refractivity (Wildman–Crippen MR) is 147 cm³/mol. The second-order valence-electron chi connectivity index (χ2n) is 10.5. The highest BCUT2D eigenvalue weighted by atomic mass is 16.6. The molecule has 0 radical (unpaired) electrons. The third-order valence-electron chi connectivity index (χ3n) is 7.41. The Kier molecular flexibility index (Phi) is 20.4. The molecule has 3 unspecified atom stereocenters. The summed E-state index contributed by atoms with van der Waals surface area (Å²) in [6.07, 6.45) is 10.2. The van der Waals surface area contributed by atoms with Gasteiger partial charge in [-0.3, -0.25) is 9.59 Å². The molecule has 0 aromatic rings. The summed E-state index contributed by atoms with van der Waals surface area (Å²) in [6.45, 7) is 13.2. The minimum absolute atomic E-state index is 0.133. The molecular weight excluding hydrogens is 472 g/mol. The Bertz CT molecular complexity index is 585. The van der Waals surface area contributed by atoms with E-state index in [4.69, 9.17) is 14.2 Å². The van der Waals surface area contributed by atoms with Crippen LogP contribution >= 0.6 is 0 Å². The third kappa shape index (κ3) is 16.0. The first-order chi connectivity index (χ1) is 17.7. The van der Waals surface area contributed by atoms with Gasteiger partial charge in [0.1, 0.15) is 0 Å². The maximum absolute atomic E-state index is 12.9. The molecule has 0 saturated carbocycles. The van der Waals surface area contributed by atoms with E-state index in [0.29, 0.717) is 24.2 Å². The number of rotatable bonds is 23. The Morgan fingerprint density at radius 3 is 1.19 bits per heavy atom. The van der Waals surface area contributed by atoms with Crippen molar-refractivity contribution in [3.63, 3.8) is 0 Å². The van der Waals surface area contributed by atoms with E-state index in [-0.39, 0.29) is 19.8 Å². The highest BCUT2D eigenvalue weighted by Gasteiger charge is 2.43. The molecule has 37 heavy (non-hydrogen) atoms. The van der Waals surface area contributed by atoms with Gasteiger partial charge in [0.05, 0.1) is 32.7 Å². The van der Waals surface area contributed by atoms with Crippen LogP contribution in [0.2, 0.25) is 0 Å². The van der Waals surface area contributed by atoms with Crippen molar-refractivity contribution in [3.8, 4) is 0 Å². The van der Waals surface area contributed by atoms with E-state index in [1.165, 1.54) is 0 Å². The number of esters is 3. The van der Waals surface area contributed by atoms with Crippen molar-refractivity contribution in [2.75, 3.05) is 19.8 Å². The fraction of sp³-hybridized carbons (Fsp3) is 0.900. The summed E-state index contributed by atoms with van der Waals surface area (Å²) in [5.74, 6) is -1.06. The molecule has 0 bridgehead atoms. The number of hydrogen-bond donors (Lipinski definition) is 1. The molecule has 0 rings (SSSR count). The van der Waals surface area contributed by atoms with Gasteiger partial charge in [0.25, 0.3) is 0 Å². The van der Waals surface area contributed by atoms with E-state index in [9.17, 15) is 19.5 Å². The molecule has 7 nitrogen and oxygen atoms in total. The zero-order chi connectivity index (χ0) is 28.1. The highest BCUT2D eigenvalue weighted by Crippen LogP contribution is 2.23. The first kappa shape index (κ1) is 35.4. The zero-order valence-electron chi connectivity index (χ0n) is 24.6. The molecule has 0 amide bonds. The zero-order valence-corrected chi connectivity index (χ0v) is 24.6. The number of aliphatic hydroxyl groups is 1. The second kappa shape index (κ2) is 21.3. The van der Waals surface area contributed by atoms with Crippen LogP contribution < -0.4 is 0 Å². The topological polar surface area (TPSA) is 99.1 Å². The fourth-order valence-corrected chi connectivity index (χ4v) is 4.80. The van der Waals surface area contributed by atoms with Gasteiger partial charge >= 0.3 is 17.9 Å². The molecule has 0 aliphatic heterocycles. The first-order valence-corrected chi connectivity index (χ1v) is 14.9. The monoisotopic (exact) mass is 528 g/mol. The van der Waals surface area contributed by atoms with Gasteiger partial charge < -0.3 is 19.3 Å². The van der Waals surface area contributed by atoms with Crippen LogP contribution in [-0.4, -0.2) is 48.4 Å². The van der Waals surface area contributed by atoms with Crippen LogP contribution in [0.1, 0.15) is 131 Å². The Morgan fingerprint density at radius 2 is 0.892 bits per heavy atom. The van der Waals surface area contributed by atoms with E-state index >= 15 is 0 Å². The quantitative estimate of drug-likeness (QED) is 0.115. The van der Waals surface area contributed by atoms with Crippen molar-refractivity contribution in [1.82, 2.24) is 0 Å². The molecule has 7 heteroatoms. The van der Waals surface area contributed by atoms with Crippen molar-refractivity contribution < 1.29 is 33.7 Å². The van der Waals surface area contributed by atoms with Gasteiger partial charge in [0, 0.05) is 0 Å². The SMILES string of the molecule is CCCC(CC)CCOC(=O)CC(O)(CC(=O)OCCC(CC)CCC)C(=O)OCCC(CC)CCC. The lowest BCUT2D eigenvalue weighted by Crippen LogP contribution is -2.45. The molecular formula is C30H56O7. The number of carbonyl (C=O) groups excluding carboxylic acids is 3. The van der Waals surface area contributed by atoms with Crippen LogP contribution in [0.3, 0.4) is 0 Å². The lowest BCUT2D eigenvalue weighted by molar-refractivity contribution is -0.178. The smallest absolute Gasteiger partial charge is 0.339 e. The van der Waals surface area contributed by atoms with Crippen LogP contribution in [-0.2, 0) is 28.6 Å². The molecule has 218 valence electrons. The molecule has 0 aromatic heterocycles. The summed E-state index contributed by atoms with van der Waals surface area (Å²) >= 11 is 0. The molecule has 0 saturated heterocycles. The number of hydrogen-bond acceptors (Lipinski definition) is 7. The van der Waals surface area contributed by atoms with Crippen LogP contribution in [0.5, 0.6) is 0 Å². The van der Waals surface area contributed by atoms with E-state index in [0.717, 1.165) is 70.6 Å².